The molecule has 0 saturated carbocycles. The van der Waals surface area contributed by atoms with Crippen LogP contribution in [-0.2, 0) is 0 Å². The van der Waals surface area contributed by atoms with Crippen LogP contribution < -0.4 is 5.32 Å². The van der Waals surface area contributed by atoms with E-state index in [1.807, 2.05) is 0 Å². The van der Waals surface area contributed by atoms with Crippen LogP contribution in [0.3, 0.4) is 0 Å². The maximum Gasteiger partial charge on any atom is 0.169 e. The summed E-state index contributed by atoms with van der Waals surface area (Å²) in [7, 11) is 1.78. The first-order chi connectivity index (χ1) is 10.1. The smallest absolute Gasteiger partial charge is 0.169 e. The molecule has 0 spiro atoms. The Morgan fingerprint density at radius 1 is 1.05 bits per heavy atom. The molecular formula is C17H15F2NO. The van der Waals surface area contributed by atoms with Gasteiger partial charge >= 0.3 is 0 Å². The van der Waals surface area contributed by atoms with Crippen LogP contribution in [0, 0.1) is 18.6 Å². The summed E-state index contributed by atoms with van der Waals surface area (Å²) in [5, 5.41) is 3.84. The maximum absolute atomic E-state index is 13.7. The van der Waals surface area contributed by atoms with Crippen LogP contribution in [0.2, 0.25) is 0 Å². The zero-order chi connectivity index (χ0) is 15.0. The minimum absolute atomic E-state index is 0.242. The van der Waals surface area contributed by atoms with Crippen molar-refractivity contribution in [3.8, 4) is 0 Å². The van der Waals surface area contributed by atoms with Gasteiger partial charge in [-0.1, -0.05) is 24.3 Å². The Morgan fingerprint density at radius 2 is 1.86 bits per heavy atom. The van der Waals surface area contributed by atoms with Gasteiger partial charge in [0.25, 0.3) is 0 Å². The lowest BCUT2D eigenvalue weighted by atomic mass is 10.0. The first kappa shape index (κ1) is 13.8. The van der Waals surface area contributed by atoms with Crippen molar-refractivity contribution in [1.29, 1.82) is 0 Å². The van der Waals surface area contributed by atoms with Crippen LogP contribution in [0.4, 0.5) is 8.78 Å². The highest BCUT2D eigenvalue weighted by Gasteiger charge is 2.18. The number of benzene rings is 2. The molecule has 1 heterocycles. The van der Waals surface area contributed by atoms with Crippen LogP contribution in [0.15, 0.2) is 46.9 Å². The van der Waals surface area contributed by atoms with Gasteiger partial charge in [-0.25, -0.2) is 8.78 Å². The molecule has 0 aliphatic rings. The summed E-state index contributed by atoms with van der Waals surface area (Å²) < 4.78 is 32.8. The summed E-state index contributed by atoms with van der Waals surface area (Å²) in [5.74, 6) is -0.0308. The molecule has 0 bridgehead atoms. The lowest BCUT2D eigenvalue weighted by Gasteiger charge is -2.14. The Kier molecular flexibility index (Phi) is 3.47. The van der Waals surface area contributed by atoms with Gasteiger partial charge in [0.2, 0.25) is 0 Å². The Hall–Kier alpha value is -2.20. The highest BCUT2D eigenvalue weighted by atomic mass is 19.1. The Labute approximate surface area is 121 Å². The quantitative estimate of drug-likeness (QED) is 0.775. The molecule has 0 radical (unpaired) electrons. The molecule has 108 valence electrons. The normalized spacial score (nSPS) is 12.8. The highest BCUT2D eigenvalue weighted by Crippen LogP contribution is 2.30. The third kappa shape index (κ3) is 2.43. The second-order valence-corrected chi connectivity index (χ2v) is 5.04. The third-order valence-corrected chi connectivity index (χ3v) is 3.60. The number of para-hydroxylation sites is 1. The van der Waals surface area contributed by atoms with Gasteiger partial charge in [-0.15, -0.1) is 0 Å². The summed E-state index contributed by atoms with van der Waals surface area (Å²) in [6, 6.07) is 11.3. The number of rotatable bonds is 3. The number of nitrogens with one attached hydrogen (secondary N) is 1. The number of hydrogen-bond donors (Lipinski definition) is 1. The predicted octanol–water partition coefficient (Wildman–Crippen LogP) is 4.33. The topological polar surface area (TPSA) is 25.2 Å². The molecule has 0 aliphatic carbocycles. The molecule has 1 unspecified atom stereocenters. The van der Waals surface area contributed by atoms with Gasteiger partial charge in [0, 0.05) is 5.39 Å². The van der Waals surface area contributed by atoms with Gasteiger partial charge in [0.15, 0.2) is 11.4 Å². The number of halogens is 2. The lowest BCUT2D eigenvalue weighted by molar-refractivity contribution is 0.476. The number of furan rings is 1. The molecule has 3 aromatic rings. The molecule has 0 amide bonds. The van der Waals surface area contributed by atoms with E-state index in [-0.39, 0.29) is 23.3 Å². The monoisotopic (exact) mass is 287 g/mol. The van der Waals surface area contributed by atoms with E-state index in [1.54, 1.807) is 44.3 Å². The molecule has 3 rings (SSSR count). The van der Waals surface area contributed by atoms with Crippen molar-refractivity contribution in [2.24, 2.45) is 0 Å². The van der Waals surface area contributed by atoms with Crippen molar-refractivity contribution in [2.75, 3.05) is 7.05 Å². The summed E-state index contributed by atoms with van der Waals surface area (Å²) in [4.78, 5) is 0. The second-order valence-electron chi connectivity index (χ2n) is 5.04. The lowest BCUT2D eigenvalue weighted by Crippen LogP contribution is -2.17. The van der Waals surface area contributed by atoms with Gasteiger partial charge < -0.3 is 9.73 Å². The predicted molar refractivity (Wildman–Crippen MR) is 78.2 cm³/mol. The molecular weight excluding hydrogens is 272 g/mol. The summed E-state index contributed by atoms with van der Waals surface area (Å²) in [5.41, 5.74) is 1.68. The fraction of sp³-hybridized carbons (Fsp3) is 0.176. The fourth-order valence-electron chi connectivity index (χ4n) is 2.51. The van der Waals surface area contributed by atoms with E-state index in [0.29, 0.717) is 16.7 Å². The Morgan fingerprint density at radius 3 is 2.52 bits per heavy atom. The van der Waals surface area contributed by atoms with Gasteiger partial charge in [-0.3, -0.25) is 0 Å². The number of aryl methyl sites for hydroxylation is 1. The number of fused-ring (bicyclic) bond motifs is 1. The zero-order valence-electron chi connectivity index (χ0n) is 11.8. The fourth-order valence-corrected chi connectivity index (χ4v) is 2.51. The van der Waals surface area contributed by atoms with E-state index in [9.17, 15) is 8.78 Å². The van der Waals surface area contributed by atoms with Crippen LogP contribution in [0.25, 0.3) is 11.0 Å². The SMILES string of the molecule is CNC(c1ccc(F)c(C)c1)c1cc2cccc(F)c2o1. The van der Waals surface area contributed by atoms with Crippen molar-refractivity contribution in [3.63, 3.8) is 0 Å². The highest BCUT2D eigenvalue weighted by molar-refractivity contribution is 5.78. The Bertz CT molecular complexity index is 795. The summed E-state index contributed by atoms with van der Waals surface area (Å²) in [6.45, 7) is 1.71. The van der Waals surface area contributed by atoms with E-state index in [1.165, 1.54) is 12.1 Å². The van der Waals surface area contributed by atoms with E-state index < -0.39 is 0 Å². The van der Waals surface area contributed by atoms with Crippen molar-refractivity contribution in [2.45, 2.75) is 13.0 Å². The molecule has 0 aliphatic heterocycles. The van der Waals surface area contributed by atoms with Gasteiger partial charge in [-0.2, -0.15) is 0 Å². The van der Waals surface area contributed by atoms with E-state index in [2.05, 4.69) is 5.32 Å². The minimum Gasteiger partial charge on any atom is -0.456 e. The standard InChI is InChI=1S/C17H15F2NO/c1-10-8-11(6-7-13(10)18)16(20-2)15-9-12-4-3-5-14(19)17(12)21-15/h3-9,16,20H,1-2H3. The third-order valence-electron chi connectivity index (χ3n) is 3.60. The van der Waals surface area contributed by atoms with Gasteiger partial charge in [-0.05, 0) is 43.3 Å². The molecule has 1 N–H and O–H groups in total. The first-order valence-electron chi connectivity index (χ1n) is 6.71. The maximum atomic E-state index is 13.7. The molecule has 21 heavy (non-hydrogen) atoms. The molecule has 2 nitrogen and oxygen atoms in total. The van der Waals surface area contributed by atoms with Crippen molar-refractivity contribution in [1.82, 2.24) is 5.32 Å². The largest absolute Gasteiger partial charge is 0.456 e. The van der Waals surface area contributed by atoms with Crippen molar-refractivity contribution in [3.05, 3.63) is 71.0 Å². The van der Waals surface area contributed by atoms with Crippen LogP contribution >= 0.6 is 0 Å². The molecule has 4 heteroatoms. The summed E-state index contributed by atoms with van der Waals surface area (Å²) in [6.07, 6.45) is 0. The van der Waals surface area contributed by atoms with Crippen LogP contribution in [-0.4, -0.2) is 7.05 Å². The van der Waals surface area contributed by atoms with Gasteiger partial charge in [0.1, 0.15) is 11.6 Å². The average molecular weight is 287 g/mol. The molecule has 2 aromatic carbocycles. The second kappa shape index (κ2) is 5.30. The van der Waals surface area contributed by atoms with Crippen molar-refractivity contribution >= 4 is 11.0 Å². The molecule has 1 atom stereocenters. The van der Waals surface area contributed by atoms with Crippen LogP contribution in [0.1, 0.15) is 22.9 Å². The number of hydrogen-bond acceptors (Lipinski definition) is 2. The minimum atomic E-state index is -0.385. The zero-order valence-corrected chi connectivity index (χ0v) is 11.8. The van der Waals surface area contributed by atoms with Crippen LogP contribution in [0.5, 0.6) is 0 Å². The first-order valence-corrected chi connectivity index (χ1v) is 6.71. The molecule has 0 fully saturated rings. The molecule has 1 aromatic heterocycles. The average Bonchev–Trinajstić information content (AvgIpc) is 2.89. The van der Waals surface area contributed by atoms with Gasteiger partial charge in [0.05, 0.1) is 6.04 Å². The van der Waals surface area contributed by atoms with E-state index in [0.717, 1.165) is 5.56 Å². The van der Waals surface area contributed by atoms with E-state index >= 15 is 0 Å². The molecule has 0 saturated heterocycles. The Balaban J connectivity index is 2.09. The summed E-state index contributed by atoms with van der Waals surface area (Å²) >= 11 is 0. The van der Waals surface area contributed by atoms with Crippen molar-refractivity contribution < 1.29 is 13.2 Å². The van der Waals surface area contributed by atoms with E-state index in [4.69, 9.17) is 4.42 Å².